The van der Waals surface area contributed by atoms with Crippen molar-refractivity contribution < 1.29 is 9.90 Å². The average Bonchev–Trinajstić information content (AvgIpc) is 2.29. The Labute approximate surface area is 117 Å². The van der Waals surface area contributed by atoms with Gasteiger partial charge in [0.1, 0.15) is 0 Å². The van der Waals surface area contributed by atoms with Gasteiger partial charge < -0.3 is 10.0 Å². The average molecular weight is 290 g/mol. The standard InChI is InChI=1S/C13H17Cl2NO2/c1-9(2)16(5-6-17)13(18)7-10-3-4-11(14)8-12(10)15/h3-4,8-9,17H,5-7H2,1-2H3. The second kappa shape index (κ2) is 6.98. The van der Waals surface area contributed by atoms with Gasteiger partial charge in [-0.15, -0.1) is 0 Å². The highest BCUT2D eigenvalue weighted by atomic mass is 35.5. The van der Waals surface area contributed by atoms with Crippen LogP contribution in [0.4, 0.5) is 0 Å². The number of amides is 1. The number of carbonyl (C=O) groups excluding carboxylic acids is 1. The number of benzene rings is 1. The number of halogens is 2. The predicted molar refractivity (Wildman–Crippen MR) is 74.1 cm³/mol. The lowest BCUT2D eigenvalue weighted by atomic mass is 10.1. The van der Waals surface area contributed by atoms with Crippen LogP contribution in [0, 0.1) is 0 Å². The van der Waals surface area contributed by atoms with Crippen LogP contribution in [0.3, 0.4) is 0 Å². The van der Waals surface area contributed by atoms with E-state index in [9.17, 15) is 4.79 Å². The molecule has 1 N–H and O–H groups in total. The smallest absolute Gasteiger partial charge is 0.227 e. The molecule has 1 aromatic rings. The van der Waals surface area contributed by atoms with Crippen molar-refractivity contribution in [3.05, 3.63) is 33.8 Å². The lowest BCUT2D eigenvalue weighted by molar-refractivity contribution is -0.132. The van der Waals surface area contributed by atoms with Crippen molar-refractivity contribution in [3.63, 3.8) is 0 Å². The van der Waals surface area contributed by atoms with E-state index in [4.69, 9.17) is 28.3 Å². The van der Waals surface area contributed by atoms with Gasteiger partial charge in [-0.2, -0.15) is 0 Å². The van der Waals surface area contributed by atoms with Crippen molar-refractivity contribution in [3.8, 4) is 0 Å². The van der Waals surface area contributed by atoms with Crippen molar-refractivity contribution in [1.29, 1.82) is 0 Å². The summed E-state index contributed by atoms with van der Waals surface area (Å²) >= 11 is 11.8. The molecule has 3 nitrogen and oxygen atoms in total. The Morgan fingerprint density at radius 2 is 2.06 bits per heavy atom. The van der Waals surface area contributed by atoms with Gasteiger partial charge in [0.25, 0.3) is 0 Å². The summed E-state index contributed by atoms with van der Waals surface area (Å²) in [7, 11) is 0. The molecule has 0 unspecified atom stereocenters. The van der Waals surface area contributed by atoms with Gasteiger partial charge in [0, 0.05) is 22.6 Å². The normalized spacial score (nSPS) is 10.8. The Hall–Kier alpha value is -0.770. The quantitative estimate of drug-likeness (QED) is 0.906. The highest BCUT2D eigenvalue weighted by Gasteiger charge is 2.17. The van der Waals surface area contributed by atoms with Crippen LogP contribution in [0.2, 0.25) is 10.0 Å². The summed E-state index contributed by atoms with van der Waals surface area (Å²) in [5, 5.41) is 9.99. The molecule has 0 radical (unpaired) electrons. The van der Waals surface area contributed by atoms with Crippen LogP contribution in [0.25, 0.3) is 0 Å². The predicted octanol–water partition coefficient (Wildman–Crippen LogP) is 2.77. The number of nitrogens with zero attached hydrogens (tertiary/aromatic N) is 1. The summed E-state index contributed by atoms with van der Waals surface area (Å²) in [4.78, 5) is 13.7. The SMILES string of the molecule is CC(C)N(CCO)C(=O)Cc1ccc(Cl)cc1Cl. The molecule has 0 fully saturated rings. The maximum atomic E-state index is 12.1. The molecule has 0 aliphatic rings. The first-order valence-corrected chi connectivity index (χ1v) is 6.55. The third kappa shape index (κ3) is 4.16. The summed E-state index contributed by atoms with van der Waals surface area (Å²) in [6, 6.07) is 5.13. The Bertz CT molecular complexity index is 421. The fourth-order valence-electron chi connectivity index (χ4n) is 1.71. The number of aliphatic hydroxyl groups excluding tert-OH is 1. The maximum Gasteiger partial charge on any atom is 0.227 e. The Morgan fingerprint density at radius 3 is 2.56 bits per heavy atom. The first-order valence-electron chi connectivity index (χ1n) is 5.80. The summed E-state index contributed by atoms with van der Waals surface area (Å²) in [6.07, 6.45) is 0.216. The zero-order valence-electron chi connectivity index (χ0n) is 10.5. The van der Waals surface area contributed by atoms with E-state index < -0.39 is 0 Å². The first kappa shape index (κ1) is 15.3. The largest absolute Gasteiger partial charge is 0.395 e. The van der Waals surface area contributed by atoms with Crippen LogP contribution in [0.15, 0.2) is 18.2 Å². The summed E-state index contributed by atoms with van der Waals surface area (Å²) in [5.74, 6) is -0.0525. The van der Waals surface area contributed by atoms with Crippen molar-refractivity contribution in [2.75, 3.05) is 13.2 Å². The van der Waals surface area contributed by atoms with E-state index in [0.717, 1.165) is 5.56 Å². The van der Waals surface area contributed by atoms with Gasteiger partial charge in [0.05, 0.1) is 13.0 Å². The summed E-state index contributed by atoms with van der Waals surface area (Å²) < 4.78 is 0. The number of carbonyl (C=O) groups is 1. The van der Waals surface area contributed by atoms with Crippen LogP contribution < -0.4 is 0 Å². The molecule has 0 saturated carbocycles. The molecule has 0 spiro atoms. The van der Waals surface area contributed by atoms with Crippen LogP contribution in [-0.4, -0.2) is 35.1 Å². The van der Waals surface area contributed by atoms with Crippen LogP contribution >= 0.6 is 23.2 Å². The molecule has 100 valence electrons. The lowest BCUT2D eigenvalue weighted by Gasteiger charge is -2.26. The minimum absolute atomic E-state index is 0.0434. The zero-order chi connectivity index (χ0) is 13.7. The Morgan fingerprint density at radius 1 is 1.39 bits per heavy atom. The van der Waals surface area contributed by atoms with Crippen molar-refractivity contribution >= 4 is 29.1 Å². The number of hydrogen-bond donors (Lipinski definition) is 1. The van der Waals surface area contributed by atoms with Crippen LogP contribution in [-0.2, 0) is 11.2 Å². The highest BCUT2D eigenvalue weighted by Crippen LogP contribution is 2.22. The minimum Gasteiger partial charge on any atom is -0.395 e. The van der Waals surface area contributed by atoms with Crippen LogP contribution in [0.5, 0.6) is 0 Å². The van der Waals surface area contributed by atoms with Gasteiger partial charge in [-0.05, 0) is 31.5 Å². The zero-order valence-corrected chi connectivity index (χ0v) is 12.0. The molecule has 1 amide bonds. The molecule has 0 aliphatic carbocycles. The Kier molecular flexibility index (Phi) is 5.93. The fraction of sp³-hybridized carbons (Fsp3) is 0.462. The molecule has 5 heteroatoms. The van der Waals surface area contributed by atoms with Gasteiger partial charge in [-0.25, -0.2) is 0 Å². The second-order valence-electron chi connectivity index (χ2n) is 4.32. The molecule has 18 heavy (non-hydrogen) atoms. The topological polar surface area (TPSA) is 40.5 Å². The molecule has 1 rings (SSSR count). The van der Waals surface area contributed by atoms with Crippen molar-refractivity contribution in [2.24, 2.45) is 0 Å². The number of rotatable bonds is 5. The van der Waals surface area contributed by atoms with E-state index in [2.05, 4.69) is 0 Å². The monoisotopic (exact) mass is 289 g/mol. The third-order valence-corrected chi connectivity index (χ3v) is 3.23. The second-order valence-corrected chi connectivity index (χ2v) is 5.16. The molecule has 0 aliphatic heterocycles. The van der Waals surface area contributed by atoms with E-state index in [0.29, 0.717) is 16.6 Å². The molecular formula is C13H17Cl2NO2. The Balaban J connectivity index is 2.79. The van der Waals surface area contributed by atoms with Gasteiger partial charge in [0.15, 0.2) is 0 Å². The molecule has 1 aromatic carbocycles. The molecule has 0 atom stereocenters. The lowest BCUT2D eigenvalue weighted by Crippen LogP contribution is -2.39. The van der Waals surface area contributed by atoms with Gasteiger partial charge in [-0.1, -0.05) is 29.3 Å². The van der Waals surface area contributed by atoms with Gasteiger partial charge in [-0.3, -0.25) is 4.79 Å². The summed E-state index contributed by atoms with van der Waals surface area (Å²) in [5.41, 5.74) is 0.745. The van der Waals surface area contributed by atoms with Crippen molar-refractivity contribution in [2.45, 2.75) is 26.3 Å². The van der Waals surface area contributed by atoms with E-state index in [1.54, 1.807) is 23.1 Å². The van der Waals surface area contributed by atoms with Crippen molar-refractivity contribution in [1.82, 2.24) is 4.90 Å². The summed E-state index contributed by atoms with van der Waals surface area (Å²) in [6.45, 7) is 4.12. The van der Waals surface area contributed by atoms with E-state index in [-0.39, 0.29) is 25.0 Å². The number of aliphatic hydroxyl groups is 1. The van der Waals surface area contributed by atoms with Crippen LogP contribution in [0.1, 0.15) is 19.4 Å². The molecule has 0 saturated heterocycles. The van der Waals surface area contributed by atoms with E-state index in [1.165, 1.54) is 0 Å². The molecule has 0 bridgehead atoms. The van der Waals surface area contributed by atoms with E-state index in [1.807, 2.05) is 13.8 Å². The fourth-order valence-corrected chi connectivity index (χ4v) is 2.18. The minimum atomic E-state index is -0.0525. The van der Waals surface area contributed by atoms with E-state index >= 15 is 0 Å². The first-order chi connectivity index (χ1) is 8.45. The van der Waals surface area contributed by atoms with Gasteiger partial charge >= 0.3 is 0 Å². The van der Waals surface area contributed by atoms with Gasteiger partial charge in [0.2, 0.25) is 5.91 Å². The maximum absolute atomic E-state index is 12.1. The number of hydrogen-bond acceptors (Lipinski definition) is 2. The highest BCUT2D eigenvalue weighted by molar-refractivity contribution is 6.35. The molecule has 0 heterocycles. The molecular weight excluding hydrogens is 273 g/mol. The molecule has 0 aromatic heterocycles. The third-order valence-electron chi connectivity index (χ3n) is 2.64.